The molecule has 0 aromatic rings. The highest BCUT2D eigenvalue weighted by atomic mass is 16.2. The number of urea groups is 1. The molecule has 0 saturated heterocycles. The molecule has 0 aliphatic heterocycles. The quantitative estimate of drug-likeness (QED) is 0.330. The van der Waals surface area contributed by atoms with E-state index in [2.05, 4.69) is 11.5 Å². The van der Waals surface area contributed by atoms with Crippen molar-refractivity contribution < 1.29 is 26.7 Å². The first-order chi connectivity index (χ1) is 1.73. The summed E-state index contributed by atoms with van der Waals surface area (Å²) < 4.78 is 0. The smallest absolute Gasteiger partial charge is 0.309 e. The van der Waals surface area contributed by atoms with E-state index in [1.165, 1.54) is 0 Å². The number of rotatable bonds is 0. The van der Waals surface area contributed by atoms with Gasteiger partial charge in [-0.1, -0.05) is 0 Å². The van der Waals surface area contributed by atoms with E-state index < -0.39 is 6.03 Å². The Labute approximate surface area is 45.5 Å². The van der Waals surface area contributed by atoms with E-state index in [1.807, 2.05) is 0 Å². The van der Waals surface area contributed by atoms with E-state index in [9.17, 15) is 0 Å². The summed E-state index contributed by atoms with van der Waals surface area (Å²) >= 11 is 0. The molecule has 12 N–H and O–H groups in total. The topological polar surface area (TPSA) is 195 Å². The zero-order valence-corrected chi connectivity index (χ0v) is 4.06. The molecule has 0 radical (unpaired) electrons. The molecule has 0 aromatic carbocycles. The number of nitrogens with two attached hydrogens (primary N) is 2. The van der Waals surface area contributed by atoms with E-state index in [0.717, 1.165) is 0 Å². The lowest BCUT2D eigenvalue weighted by Gasteiger charge is -1.62. The minimum absolute atomic E-state index is 0. The molecule has 2 amide bonds. The fourth-order valence-corrected chi connectivity index (χ4v) is 0. The van der Waals surface area contributed by atoms with Crippen LogP contribution >= 0.6 is 0 Å². The standard InChI is InChI=1S/CH4N2O.4H2O/c2-1(3)4;;;;/h(H4,2,3,4);4*1H2. The maximum Gasteiger partial charge on any atom is 0.309 e. The number of carbonyl (C=O) groups is 1. The van der Waals surface area contributed by atoms with Crippen LogP contribution in [0.25, 0.3) is 0 Å². The molecule has 0 heterocycles. The second-order valence-electron chi connectivity index (χ2n) is 0.402. The number of amides is 2. The summed E-state index contributed by atoms with van der Waals surface area (Å²) in [6.07, 6.45) is 0. The lowest BCUT2D eigenvalue weighted by Crippen LogP contribution is -2.18. The second-order valence-corrected chi connectivity index (χ2v) is 0.402. The third-order valence-corrected chi connectivity index (χ3v) is 0. The zero-order chi connectivity index (χ0) is 3.58. The van der Waals surface area contributed by atoms with Gasteiger partial charge in [-0.15, -0.1) is 0 Å². The molecular weight excluding hydrogens is 120 g/mol. The number of hydrogen-bond acceptors (Lipinski definition) is 1. The fourth-order valence-electron chi connectivity index (χ4n) is 0. The molecule has 0 rings (SSSR count). The molecule has 56 valence electrons. The summed E-state index contributed by atoms with van der Waals surface area (Å²) in [5.41, 5.74) is 8.50. The molecule has 0 bridgehead atoms. The van der Waals surface area contributed by atoms with Crippen LogP contribution in [-0.4, -0.2) is 27.9 Å². The first kappa shape index (κ1) is 59.6. The SMILES string of the molecule is NC(N)=O.O.O.O.O. The maximum absolute atomic E-state index is 9.00. The Bertz CT molecular complexity index is 33.4. The van der Waals surface area contributed by atoms with Crippen molar-refractivity contribution in [3.05, 3.63) is 0 Å². The van der Waals surface area contributed by atoms with E-state index in [0.29, 0.717) is 0 Å². The van der Waals surface area contributed by atoms with Crippen molar-refractivity contribution in [2.24, 2.45) is 11.5 Å². The van der Waals surface area contributed by atoms with Gasteiger partial charge in [0, 0.05) is 0 Å². The molecule has 0 fully saturated rings. The van der Waals surface area contributed by atoms with Crippen LogP contribution in [0.5, 0.6) is 0 Å². The molecular formula is CH12N2O5. The van der Waals surface area contributed by atoms with Crippen molar-refractivity contribution in [2.75, 3.05) is 0 Å². The van der Waals surface area contributed by atoms with Gasteiger partial charge in [-0.2, -0.15) is 0 Å². The van der Waals surface area contributed by atoms with Crippen molar-refractivity contribution in [3.63, 3.8) is 0 Å². The van der Waals surface area contributed by atoms with Crippen molar-refractivity contribution >= 4 is 6.03 Å². The molecule has 0 spiro atoms. The van der Waals surface area contributed by atoms with E-state index in [1.54, 1.807) is 0 Å². The highest BCUT2D eigenvalue weighted by molar-refractivity contribution is 5.69. The fraction of sp³-hybridized carbons (Fsp3) is 0. The van der Waals surface area contributed by atoms with Crippen LogP contribution in [0.4, 0.5) is 4.79 Å². The summed E-state index contributed by atoms with van der Waals surface area (Å²) in [7, 11) is 0. The van der Waals surface area contributed by atoms with Gasteiger partial charge in [0.2, 0.25) is 0 Å². The Morgan fingerprint density at radius 1 is 0.875 bits per heavy atom. The molecule has 7 heteroatoms. The largest absolute Gasteiger partial charge is 0.412 e. The van der Waals surface area contributed by atoms with Gasteiger partial charge >= 0.3 is 6.03 Å². The highest BCUT2D eigenvalue weighted by Crippen LogP contribution is 1.25. The molecule has 0 aliphatic rings. The van der Waals surface area contributed by atoms with Crippen molar-refractivity contribution in [1.82, 2.24) is 0 Å². The van der Waals surface area contributed by atoms with Crippen LogP contribution < -0.4 is 11.5 Å². The summed E-state index contributed by atoms with van der Waals surface area (Å²) in [6.45, 7) is 0. The average molecular weight is 132 g/mol. The van der Waals surface area contributed by atoms with Crippen molar-refractivity contribution in [1.29, 1.82) is 0 Å². The predicted octanol–water partition coefficient (Wildman–Crippen LogP) is -4.27. The average Bonchev–Trinajstić information content (AvgIpc) is 0.811. The van der Waals surface area contributed by atoms with Crippen LogP contribution in [0.15, 0.2) is 0 Å². The van der Waals surface area contributed by atoms with Crippen LogP contribution in [-0.2, 0) is 0 Å². The van der Waals surface area contributed by atoms with Crippen molar-refractivity contribution in [3.8, 4) is 0 Å². The number of hydrogen-bond donors (Lipinski definition) is 2. The van der Waals surface area contributed by atoms with Gasteiger partial charge in [0.1, 0.15) is 0 Å². The molecule has 0 atom stereocenters. The molecule has 0 aliphatic carbocycles. The Morgan fingerprint density at radius 3 is 0.875 bits per heavy atom. The number of primary amides is 2. The molecule has 0 unspecified atom stereocenters. The molecule has 0 saturated carbocycles. The Hall–Kier alpha value is -0.890. The third kappa shape index (κ3) is 109. The van der Waals surface area contributed by atoms with Crippen LogP contribution in [0, 0.1) is 0 Å². The van der Waals surface area contributed by atoms with Gasteiger partial charge in [-0.25, -0.2) is 4.79 Å². The predicted molar refractivity (Wildman–Crippen MR) is 28.2 cm³/mol. The first-order valence-electron chi connectivity index (χ1n) is 0.781. The Morgan fingerprint density at radius 2 is 0.875 bits per heavy atom. The highest BCUT2D eigenvalue weighted by Gasteiger charge is 1.60. The van der Waals surface area contributed by atoms with Gasteiger partial charge in [0.05, 0.1) is 0 Å². The lowest BCUT2D eigenvalue weighted by atomic mass is 11.2. The van der Waals surface area contributed by atoms with Gasteiger partial charge < -0.3 is 33.4 Å². The van der Waals surface area contributed by atoms with Crippen LogP contribution in [0.3, 0.4) is 0 Å². The van der Waals surface area contributed by atoms with Crippen LogP contribution in [0.1, 0.15) is 0 Å². The van der Waals surface area contributed by atoms with Crippen LogP contribution in [0.2, 0.25) is 0 Å². The second kappa shape index (κ2) is 35.8. The van der Waals surface area contributed by atoms with Gasteiger partial charge in [0.25, 0.3) is 0 Å². The minimum Gasteiger partial charge on any atom is -0.412 e. The monoisotopic (exact) mass is 132 g/mol. The lowest BCUT2D eigenvalue weighted by molar-refractivity contribution is 0.256. The van der Waals surface area contributed by atoms with Gasteiger partial charge in [-0.3, -0.25) is 0 Å². The van der Waals surface area contributed by atoms with Crippen molar-refractivity contribution in [2.45, 2.75) is 0 Å². The Balaban J connectivity index is -0.00000000750. The van der Waals surface area contributed by atoms with E-state index in [-0.39, 0.29) is 21.9 Å². The van der Waals surface area contributed by atoms with E-state index >= 15 is 0 Å². The third-order valence-electron chi connectivity index (χ3n) is 0. The maximum atomic E-state index is 9.00. The molecule has 7 nitrogen and oxygen atoms in total. The number of carbonyl (C=O) groups excluding carboxylic acids is 1. The normalized spacial score (nSPS) is 3.00. The van der Waals surface area contributed by atoms with E-state index in [4.69, 9.17) is 4.79 Å². The first-order valence-corrected chi connectivity index (χ1v) is 0.781. The summed E-state index contributed by atoms with van der Waals surface area (Å²) in [6, 6.07) is -0.833. The zero-order valence-electron chi connectivity index (χ0n) is 4.06. The van der Waals surface area contributed by atoms with Gasteiger partial charge in [0.15, 0.2) is 0 Å². The summed E-state index contributed by atoms with van der Waals surface area (Å²) in [5.74, 6) is 0. The minimum atomic E-state index is -0.833. The Kier molecular flexibility index (Phi) is 267. The van der Waals surface area contributed by atoms with Gasteiger partial charge in [-0.05, 0) is 0 Å². The molecule has 8 heavy (non-hydrogen) atoms. The summed E-state index contributed by atoms with van der Waals surface area (Å²) in [5, 5.41) is 0. The summed E-state index contributed by atoms with van der Waals surface area (Å²) in [4.78, 5) is 9.00. The molecule has 0 aromatic heterocycles.